The van der Waals surface area contributed by atoms with Gasteiger partial charge in [-0.3, -0.25) is 4.68 Å². The lowest BCUT2D eigenvalue weighted by Gasteiger charge is -2.00. The Bertz CT molecular complexity index is 393. The molecule has 0 atom stereocenters. The van der Waals surface area contributed by atoms with Gasteiger partial charge < -0.3 is 5.32 Å². The van der Waals surface area contributed by atoms with Crippen LogP contribution in [0.15, 0.2) is 24.0 Å². The average Bonchev–Trinajstić information content (AvgIpc) is 2.84. The highest BCUT2D eigenvalue weighted by Gasteiger charge is 1.97. The Labute approximate surface area is 93.0 Å². The molecule has 5 heteroatoms. The van der Waals surface area contributed by atoms with Crippen molar-refractivity contribution in [2.24, 2.45) is 7.05 Å². The predicted octanol–water partition coefficient (Wildman–Crippen LogP) is 1.21. The predicted molar refractivity (Wildman–Crippen MR) is 60.7 cm³/mol. The van der Waals surface area contributed by atoms with Gasteiger partial charge in [-0.25, -0.2) is 4.98 Å². The van der Waals surface area contributed by atoms with Crippen molar-refractivity contribution in [2.45, 2.75) is 13.0 Å². The Balaban J connectivity index is 1.67. The van der Waals surface area contributed by atoms with Gasteiger partial charge in [0.15, 0.2) is 0 Å². The Kier molecular flexibility index (Phi) is 3.47. The summed E-state index contributed by atoms with van der Waals surface area (Å²) in [4.78, 5) is 4.23. The average molecular weight is 222 g/mol. The minimum atomic E-state index is 0.874. The van der Waals surface area contributed by atoms with E-state index in [4.69, 9.17) is 0 Å². The smallest absolute Gasteiger partial charge is 0.0937 e. The van der Waals surface area contributed by atoms with Gasteiger partial charge in [0.25, 0.3) is 0 Å². The second-order valence-corrected chi connectivity index (χ2v) is 4.35. The number of nitrogens with zero attached hydrogens (tertiary/aromatic N) is 3. The molecule has 0 aliphatic carbocycles. The standard InChI is InChI=1S/C10H14N4S/c1-14-8-9(7-13-14)6-11-3-2-10-12-4-5-15-10/h4-5,7-8,11H,2-3,6H2,1H3. The number of thiazole rings is 1. The SMILES string of the molecule is Cn1cc(CNCCc2nccs2)cn1. The van der Waals surface area contributed by atoms with Crippen LogP contribution in [0.2, 0.25) is 0 Å². The van der Waals surface area contributed by atoms with E-state index in [0.29, 0.717) is 0 Å². The van der Waals surface area contributed by atoms with Gasteiger partial charge in [-0.05, 0) is 0 Å². The summed E-state index contributed by atoms with van der Waals surface area (Å²) in [7, 11) is 1.93. The monoisotopic (exact) mass is 222 g/mol. The maximum Gasteiger partial charge on any atom is 0.0937 e. The molecule has 0 bridgehead atoms. The van der Waals surface area contributed by atoms with Crippen LogP contribution in [0, 0.1) is 0 Å². The van der Waals surface area contributed by atoms with Crippen LogP contribution in [0.25, 0.3) is 0 Å². The molecule has 1 N–H and O–H groups in total. The van der Waals surface area contributed by atoms with Crippen molar-refractivity contribution in [1.82, 2.24) is 20.1 Å². The van der Waals surface area contributed by atoms with Gasteiger partial charge in [-0.15, -0.1) is 11.3 Å². The third-order valence-electron chi connectivity index (χ3n) is 2.09. The molecule has 0 spiro atoms. The molecule has 0 unspecified atom stereocenters. The van der Waals surface area contributed by atoms with E-state index in [1.807, 2.05) is 35.7 Å². The second kappa shape index (κ2) is 5.04. The van der Waals surface area contributed by atoms with Crippen molar-refractivity contribution in [3.8, 4) is 0 Å². The number of hydrogen-bond acceptors (Lipinski definition) is 4. The quantitative estimate of drug-likeness (QED) is 0.773. The van der Waals surface area contributed by atoms with Gasteiger partial charge in [0, 0.05) is 49.9 Å². The topological polar surface area (TPSA) is 42.7 Å². The molecule has 80 valence electrons. The maximum absolute atomic E-state index is 4.23. The van der Waals surface area contributed by atoms with Gasteiger partial charge in [0.1, 0.15) is 0 Å². The summed E-state index contributed by atoms with van der Waals surface area (Å²) in [6.07, 6.45) is 6.76. The summed E-state index contributed by atoms with van der Waals surface area (Å²) < 4.78 is 1.82. The molecule has 0 aromatic carbocycles. The van der Waals surface area contributed by atoms with E-state index in [0.717, 1.165) is 19.5 Å². The van der Waals surface area contributed by atoms with E-state index >= 15 is 0 Å². The van der Waals surface area contributed by atoms with Crippen LogP contribution in [-0.4, -0.2) is 21.3 Å². The molecule has 2 aromatic rings. The minimum absolute atomic E-state index is 0.874. The Hall–Kier alpha value is -1.20. The highest BCUT2D eigenvalue weighted by atomic mass is 32.1. The Morgan fingerprint density at radius 3 is 3.13 bits per heavy atom. The molecule has 2 aromatic heterocycles. The van der Waals surface area contributed by atoms with E-state index in [1.165, 1.54) is 10.6 Å². The first-order valence-electron chi connectivity index (χ1n) is 4.91. The zero-order chi connectivity index (χ0) is 10.5. The fourth-order valence-electron chi connectivity index (χ4n) is 1.37. The van der Waals surface area contributed by atoms with Crippen molar-refractivity contribution in [3.63, 3.8) is 0 Å². The lowest BCUT2D eigenvalue weighted by atomic mass is 10.3. The second-order valence-electron chi connectivity index (χ2n) is 3.37. The van der Waals surface area contributed by atoms with Gasteiger partial charge in [-0.1, -0.05) is 0 Å². The molecular formula is C10H14N4S. The Morgan fingerprint density at radius 2 is 2.47 bits per heavy atom. The van der Waals surface area contributed by atoms with Crippen molar-refractivity contribution < 1.29 is 0 Å². The number of aromatic nitrogens is 3. The molecule has 2 rings (SSSR count). The van der Waals surface area contributed by atoms with E-state index in [-0.39, 0.29) is 0 Å². The summed E-state index contributed by atoms with van der Waals surface area (Å²) in [5.74, 6) is 0. The molecule has 0 saturated heterocycles. The van der Waals surface area contributed by atoms with Crippen molar-refractivity contribution in [1.29, 1.82) is 0 Å². The Morgan fingerprint density at radius 1 is 1.53 bits per heavy atom. The third kappa shape index (κ3) is 3.14. The van der Waals surface area contributed by atoms with E-state index in [1.54, 1.807) is 11.3 Å². The summed E-state index contributed by atoms with van der Waals surface area (Å²) in [6, 6.07) is 0. The molecule has 0 fully saturated rings. The molecule has 0 radical (unpaired) electrons. The van der Waals surface area contributed by atoms with Crippen LogP contribution in [-0.2, 0) is 20.0 Å². The minimum Gasteiger partial charge on any atom is -0.312 e. The molecular weight excluding hydrogens is 208 g/mol. The third-order valence-corrected chi connectivity index (χ3v) is 2.93. The molecule has 0 aliphatic rings. The molecule has 0 amide bonds. The number of aryl methyl sites for hydroxylation is 1. The van der Waals surface area contributed by atoms with Crippen LogP contribution in [0.1, 0.15) is 10.6 Å². The van der Waals surface area contributed by atoms with Crippen molar-refractivity contribution >= 4 is 11.3 Å². The summed E-state index contributed by atoms with van der Waals surface area (Å²) in [6.45, 7) is 1.83. The van der Waals surface area contributed by atoms with Gasteiger partial charge >= 0.3 is 0 Å². The first-order valence-corrected chi connectivity index (χ1v) is 5.79. The maximum atomic E-state index is 4.23. The van der Waals surface area contributed by atoms with E-state index in [9.17, 15) is 0 Å². The highest BCUT2D eigenvalue weighted by Crippen LogP contribution is 2.03. The molecule has 15 heavy (non-hydrogen) atoms. The summed E-state index contributed by atoms with van der Waals surface area (Å²) >= 11 is 1.71. The van der Waals surface area contributed by atoms with Gasteiger partial charge in [0.05, 0.1) is 11.2 Å². The first-order chi connectivity index (χ1) is 7.34. The van der Waals surface area contributed by atoms with Crippen LogP contribution in [0.5, 0.6) is 0 Å². The number of nitrogens with one attached hydrogen (secondary N) is 1. The summed E-state index contributed by atoms with van der Waals surface area (Å²) in [5.41, 5.74) is 1.22. The molecule has 0 saturated carbocycles. The zero-order valence-corrected chi connectivity index (χ0v) is 9.50. The van der Waals surface area contributed by atoms with Crippen LogP contribution < -0.4 is 5.32 Å². The van der Waals surface area contributed by atoms with Gasteiger partial charge in [-0.2, -0.15) is 5.10 Å². The zero-order valence-electron chi connectivity index (χ0n) is 8.68. The largest absolute Gasteiger partial charge is 0.312 e. The number of hydrogen-bond donors (Lipinski definition) is 1. The normalized spacial score (nSPS) is 10.7. The fourth-order valence-corrected chi connectivity index (χ4v) is 1.99. The highest BCUT2D eigenvalue weighted by molar-refractivity contribution is 7.09. The molecule has 2 heterocycles. The summed E-state index contributed by atoms with van der Waals surface area (Å²) in [5, 5.41) is 10.7. The van der Waals surface area contributed by atoms with Crippen molar-refractivity contribution in [3.05, 3.63) is 34.5 Å². The first kappa shape index (κ1) is 10.3. The van der Waals surface area contributed by atoms with E-state index in [2.05, 4.69) is 15.4 Å². The van der Waals surface area contributed by atoms with E-state index < -0.39 is 0 Å². The van der Waals surface area contributed by atoms with Crippen LogP contribution in [0.4, 0.5) is 0 Å². The fraction of sp³-hybridized carbons (Fsp3) is 0.400. The van der Waals surface area contributed by atoms with Crippen LogP contribution in [0.3, 0.4) is 0 Å². The van der Waals surface area contributed by atoms with Gasteiger partial charge in [0.2, 0.25) is 0 Å². The number of rotatable bonds is 5. The molecule has 0 aliphatic heterocycles. The van der Waals surface area contributed by atoms with Crippen LogP contribution >= 0.6 is 11.3 Å². The lowest BCUT2D eigenvalue weighted by molar-refractivity contribution is 0.684. The molecule has 4 nitrogen and oxygen atoms in total. The lowest BCUT2D eigenvalue weighted by Crippen LogP contribution is -2.16. The van der Waals surface area contributed by atoms with Crippen molar-refractivity contribution in [2.75, 3.05) is 6.54 Å².